The smallest absolute Gasteiger partial charge is 0.123 e. The van der Waals surface area contributed by atoms with Crippen LogP contribution in [0.4, 0.5) is 0 Å². The van der Waals surface area contributed by atoms with Gasteiger partial charge in [0, 0.05) is 37.3 Å². The molecule has 2 aromatic rings. The van der Waals surface area contributed by atoms with E-state index in [1.165, 1.54) is 0 Å². The zero-order valence-electron chi connectivity index (χ0n) is 8.31. The molecule has 0 unspecified atom stereocenters. The van der Waals surface area contributed by atoms with Crippen molar-refractivity contribution < 1.29 is 0 Å². The summed E-state index contributed by atoms with van der Waals surface area (Å²) in [5.41, 5.74) is 1.09. The molecule has 2 aromatic heterocycles. The standard InChI is InChI=1S/C11H12ClN3/c12-9-11-14-6-8-15(11)7-4-10-3-1-2-5-13-10/h1-3,5-6,8H,4,7,9H2. The number of halogens is 1. The summed E-state index contributed by atoms with van der Waals surface area (Å²) in [6.07, 6.45) is 6.43. The van der Waals surface area contributed by atoms with E-state index in [0.717, 1.165) is 24.5 Å². The molecule has 2 rings (SSSR count). The van der Waals surface area contributed by atoms with E-state index >= 15 is 0 Å². The average Bonchev–Trinajstić information content (AvgIpc) is 2.75. The predicted molar refractivity (Wildman–Crippen MR) is 59.7 cm³/mol. The maximum Gasteiger partial charge on any atom is 0.123 e. The Bertz CT molecular complexity index is 411. The molecule has 4 heteroatoms. The second-order valence-electron chi connectivity index (χ2n) is 3.24. The summed E-state index contributed by atoms with van der Waals surface area (Å²) in [6, 6.07) is 5.95. The van der Waals surface area contributed by atoms with Crippen molar-refractivity contribution in [2.45, 2.75) is 18.8 Å². The fraction of sp³-hybridized carbons (Fsp3) is 0.273. The number of aryl methyl sites for hydroxylation is 2. The van der Waals surface area contributed by atoms with Gasteiger partial charge in [0.2, 0.25) is 0 Å². The van der Waals surface area contributed by atoms with E-state index in [-0.39, 0.29) is 0 Å². The first-order valence-corrected chi connectivity index (χ1v) is 5.39. The Hall–Kier alpha value is -1.35. The van der Waals surface area contributed by atoms with Crippen LogP contribution in [-0.4, -0.2) is 14.5 Å². The van der Waals surface area contributed by atoms with E-state index in [9.17, 15) is 0 Å². The van der Waals surface area contributed by atoms with Gasteiger partial charge >= 0.3 is 0 Å². The van der Waals surface area contributed by atoms with Gasteiger partial charge in [0.1, 0.15) is 5.82 Å². The Morgan fingerprint density at radius 2 is 2.13 bits per heavy atom. The van der Waals surface area contributed by atoms with Gasteiger partial charge in [-0.3, -0.25) is 4.98 Å². The van der Waals surface area contributed by atoms with Gasteiger partial charge in [0.05, 0.1) is 5.88 Å². The molecule has 0 aliphatic carbocycles. The summed E-state index contributed by atoms with van der Waals surface area (Å²) >= 11 is 5.76. The molecule has 0 amide bonds. The van der Waals surface area contributed by atoms with Gasteiger partial charge < -0.3 is 4.57 Å². The first-order valence-electron chi connectivity index (χ1n) is 4.86. The summed E-state index contributed by atoms with van der Waals surface area (Å²) in [7, 11) is 0. The van der Waals surface area contributed by atoms with Crippen molar-refractivity contribution in [3.05, 3.63) is 48.3 Å². The Balaban J connectivity index is 1.99. The van der Waals surface area contributed by atoms with Crippen LogP contribution < -0.4 is 0 Å². The van der Waals surface area contributed by atoms with E-state index in [1.54, 1.807) is 6.20 Å². The summed E-state index contributed by atoms with van der Waals surface area (Å²) in [4.78, 5) is 8.42. The number of alkyl halides is 1. The molecule has 0 bridgehead atoms. The average molecular weight is 222 g/mol. The lowest BCUT2D eigenvalue weighted by Crippen LogP contribution is -2.04. The van der Waals surface area contributed by atoms with Crippen molar-refractivity contribution in [2.24, 2.45) is 0 Å². The molecular weight excluding hydrogens is 210 g/mol. The zero-order chi connectivity index (χ0) is 10.5. The molecule has 2 heterocycles. The van der Waals surface area contributed by atoms with Crippen molar-refractivity contribution in [1.82, 2.24) is 14.5 Å². The van der Waals surface area contributed by atoms with Crippen LogP contribution in [0.2, 0.25) is 0 Å². The first-order chi connectivity index (χ1) is 7.40. The minimum absolute atomic E-state index is 0.454. The van der Waals surface area contributed by atoms with Gasteiger partial charge in [-0.15, -0.1) is 11.6 Å². The van der Waals surface area contributed by atoms with E-state index in [2.05, 4.69) is 14.5 Å². The molecule has 0 radical (unpaired) electrons. The molecular formula is C11H12ClN3. The number of pyridine rings is 1. The molecule has 0 saturated heterocycles. The van der Waals surface area contributed by atoms with Crippen LogP contribution in [0.1, 0.15) is 11.5 Å². The molecule has 0 atom stereocenters. The second kappa shape index (κ2) is 4.94. The predicted octanol–water partition coefficient (Wildman–Crippen LogP) is 2.26. The molecule has 0 saturated carbocycles. The molecule has 3 nitrogen and oxygen atoms in total. The lowest BCUT2D eigenvalue weighted by Gasteiger charge is -2.04. The molecule has 78 valence electrons. The fourth-order valence-electron chi connectivity index (χ4n) is 1.46. The normalized spacial score (nSPS) is 10.5. The maximum absolute atomic E-state index is 5.76. The van der Waals surface area contributed by atoms with Crippen molar-refractivity contribution in [3.8, 4) is 0 Å². The van der Waals surface area contributed by atoms with E-state index < -0.39 is 0 Å². The Kier molecular flexibility index (Phi) is 3.35. The van der Waals surface area contributed by atoms with Crippen LogP contribution in [0.5, 0.6) is 0 Å². The third kappa shape index (κ3) is 2.57. The van der Waals surface area contributed by atoms with Crippen LogP contribution in [0.3, 0.4) is 0 Å². The van der Waals surface area contributed by atoms with Gasteiger partial charge in [0.15, 0.2) is 0 Å². The van der Waals surface area contributed by atoms with Gasteiger partial charge in [0.25, 0.3) is 0 Å². The third-order valence-corrected chi connectivity index (χ3v) is 2.50. The number of rotatable bonds is 4. The maximum atomic E-state index is 5.76. The quantitative estimate of drug-likeness (QED) is 0.742. The van der Waals surface area contributed by atoms with Crippen LogP contribution in [0.15, 0.2) is 36.8 Å². The molecule has 0 fully saturated rings. The minimum Gasteiger partial charge on any atom is -0.334 e. The second-order valence-corrected chi connectivity index (χ2v) is 3.51. The summed E-state index contributed by atoms with van der Waals surface area (Å²) in [5.74, 6) is 1.36. The Morgan fingerprint density at radius 3 is 2.87 bits per heavy atom. The Labute approximate surface area is 93.7 Å². The van der Waals surface area contributed by atoms with Crippen molar-refractivity contribution >= 4 is 11.6 Å². The number of hydrogen-bond acceptors (Lipinski definition) is 2. The zero-order valence-corrected chi connectivity index (χ0v) is 9.06. The van der Waals surface area contributed by atoms with Crippen molar-refractivity contribution in [2.75, 3.05) is 0 Å². The van der Waals surface area contributed by atoms with E-state index in [4.69, 9.17) is 11.6 Å². The lowest BCUT2D eigenvalue weighted by molar-refractivity contribution is 0.660. The molecule has 0 aliphatic heterocycles. The number of imidazole rings is 1. The van der Waals surface area contributed by atoms with Crippen LogP contribution >= 0.6 is 11.6 Å². The molecule has 15 heavy (non-hydrogen) atoms. The van der Waals surface area contributed by atoms with Crippen LogP contribution in [-0.2, 0) is 18.8 Å². The number of hydrogen-bond donors (Lipinski definition) is 0. The van der Waals surface area contributed by atoms with Crippen LogP contribution in [0, 0.1) is 0 Å². The summed E-state index contributed by atoms with van der Waals surface area (Å²) in [6.45, 7) is 0.874. The molecule has 0 N–H and O–H groups in total. The van der Waals surface area contributed by atoms with E-state index in [1.807, 2.05) is 30.6 Å². The molecule has 0 spiro atoms. The van der Waals surface area contributed by atoms with Crippen LogP contribution in [0.25, 0.3) is 0 Å². The Morgan fingerprint density at radius 1 is 1.20 bits per heavy atom. The highest BCUT2D eigenvalue weighted by atomic mass is 35.5. The molecule has 0 aliphatic rings. The van der Waals surface area contributed by atoms with Gasteiger partial charge in [-0.25, -0.2) is 4.98 Å². The fourth-order valence-corrected chi connectivity index (χ4v) is 1.68. The first kappa shape index (κ1) is 10.2. The van der Waals surface area contributed by atoms with Gasteiger partial charge in [-0.1, -0.05) is 6.07 Å². The third-order valence-electron chi connectivity index (χ3n) is 2.26. The van der Waals surface area contributed by atoms with Crippen molar-refractivity contribution in [1.29, 1.82) is 0 Å². The van der Waals surface area contributed by atoms with Crippen molar-refractivity contribution in [3.63, 3.8) is 0 Å². The summed E-state index contributed by atoms with van der Waals surface area (Å²) < 4.78 is 2.06. The highest BCUT2D eigenvalue weighted by molar-refractivity contribution is 6.16. The topological polar surface area (TPSA) is 30.7 Å². The molecule has 0 aromatic carbocycles. The highest BCUT2D eigenvalue weighted by Gasteiger charge is 2.01. The number of aromatic nitrogens is 3. The van der Waals surface area contributed by atoms with Gasteiger partial charge in [-0.2, -0.15) is 0 Å². The lowest BCUT2D eigenvalue weighted by atomic mass is 10.3. The minimum atomic E-state index is 0.454. The number of nitrogens with zero attached hydrogens (tertiary/aromatic N) is 3. The van der Waals surface area contributed by atoms with Gasteiger partial charge in [-0.05, 0) is 12.1 Å². The largest absolute Gasteiger partial charge is 0.334 e. The van der Waals surface area contributed by atoms with E-state index in [0.29, 0.717) is 5.88 Å². The highest BCUT2D eigenvalue weighted by Crippen LogP contribution is 2.04. The SMILES string of the molecule is ClCc1nccn1CCc1ccccn1. The summed E-state index contributed by atoms with van der Waals surface area (Å²) in [5, 5.41) is 0. The monoisotopic (exact) mass is 221 g/mol.